The number of amides is 2. The van der Waals surface area contributed by atoms with Crippen molar-refractivity contribution in [2.24, 2.45) is 5.92 Å². The first-order valence-electron chi connectivity index (χ1n) is 8.63. The second kappa shape index (κ2) is 7.01. The number of nitro benzene ring substituents is 1. The van der Waals surface area contributed by atoms with Crippen molar-refractivity contribution in [2.45, 2.75) is 13.3 Å². The maximum atomic E-state index is 12.6. The summed E-state index contributed by atoms with van der Waals surface area (Å²) in [6, 6.07) is 11.4. The van der Waals surface area contributed by atoms with Crippen LogP contribution in [0.5, 0.6) is 0 Å². The standard InChI is InChI=1S/C19H16N4O4S/c1-11-20-16-9-14(5-6-17(16)28-11)22-10-12(7-18(22)24)19(25)21-13-3-2-4-15(8-13)23(26)27/h2-6,8-9,12H,7,10H2,1H3,(H,21,25). The molecule has 0 radical (unpaired) electrons. The molecule has 1 saturated heterocycles. The van der Waals surface area contributed by atoms with Crippen LogP contribution in [0.25, 0.3) is 10.2 Å². The number of aryl methyl sites for hydroxylation is 1. The lowest BCUT2D eigenvalue weighted by molar-refractivity contribution is -0.384. The van der Waals surface area contributed by atoms with E-state index < -0.39 is 10.8 Å². The lowest BCUT2D eigenvalue weighted by atomic mass is 10.1. The molecule has 9 heteroatoms. The zero-order chi connectivity index (χ0) is 19.8. The average Bonchev–Trinajstić information content (AvgIpc) is 3.23. The van der Waals surface area contributed by atoms with Gasteiger partial charge in [-0.15, -0.1) is 11.3 Å². The van der Waals surface area contributed by atoms with Crippen molar-refractivity contribution in [3.8, 4) is 0 Å². The van der Waals surface area contributed by atoms with Crippen LogP contribution in [0.3, 0.4) is 0 Å². The molecule has 0 aliphatic carbocycles. The molecule has 1 aromatic heterocycles. The number of hydrogen-bond acceptors (Lipinski definition) is 6. The molecule has 2 aromatic carbocycles. The van der Waals surface area contributed by atoms with E-state index >= 15 is 0 Å². The number of benzene rings is 2. The molecule has 1 fully saturated rings. The summed E-state index contributed by atoms with van der Waals surface area (Å²) in [6.07, 6.45) is 0.0922. The van der Waals surface area contributed by atoms with Gasteiger partial charge >= 0.3 is 0 Å². The van der Waals surface area contributed by atoms with Crippen LogP contribution < -0.4 is 10.2 Å². The molecule has 0 saturated carbocycles. The van der Waals surface area contributed by atoms with Gasteiger partial charge in [-0.2, -0.15) is 0 Å². The first-order chi connectivity index (χ1) is 13.4. The van der Waals surface area contributed by atoms with Gasteiger partial charge in [-0.3, -0.25) is 19.7 Å². The Bertz CT molecular complexity index is 1110. The van der Waals surface area contributed by atoms with Crippen molar-refractivity contribution >= 4 is 50.4 Å². The van der Waals surface area contributed by atoms with Gasteiger partial charge in [-0.1, -0.05) is 6.07 Å². The van der Waals surface area contributed by atoms with Gasteiger partial charge in [0.1, 0.15) is 0 Å². The maximum absolute atomic E-state index is 12.6. The van der Waals surface area contributed by atoms with E-state index in [2.05, 4.69) is 10.3 Å². The Hall–Kier alpha value is -3.33. The molecule has 1 unspecified atom stereocenters. The van der Waals surface area contributed by atoms with Crippen molar-refractivity contribution < 1.29 is 14.5 Å². The lowest BCUT2D eigenvalue weighted by Crippen LogP contribution is -2.28. The molecule has 1 atom stereocenters. The van der Waals surface area contributed by atoms with Crippen LogP contribution in [0.4, 0.5) is 17.1 Å². The SMILES string of the molecule is Cc1nc2cc(N3CC(C(=O)Nc4cccc([N+](=O)[O-])c4)CC3=O)ccc2s1. The van der Waals surface area contributed by atoms with Crippen LogP contribution in [-0.2, 0) is 9.59 Å². The molecular weight excluding hydrogens is 380 g/mol. The smallest absolute Gasteiger partial charge is 0.271 e. The van der Waals surface area contributed by atoms with E-state index in [1.54, 1.807) is 22.3 Å². The highest BCUT2D eigenvalue weighted by Crippen LogP contribution is 2.30. The minimum absolute atomic E-state index is 0.0922. The Morgan fingerprint density at radius 2 is 2.14 bits per heavy atom. The quantitative estimate of drug-likeness (QED) is 0.537. The van der Waals surface area contributed by atoms with Gasteiger partial charge < -0.3 is 10.2 Å². The van der Waals surface area contributed by atoms with E-state index in [4.69, 9.17) is 0 Å². The number of fused-ring (bicyclic) bond motifs is 1. The van der Waals surface area contributed by atoms with E-state index in [0.717, 1.165) is 15.2 Å². The van der Waals surface area contributed by atoms with Gasteiger partial charge in [0.15, 0.2) is 0 Å². The van der Waals surface area contributed by atoms with E-state index in [9.17, 15) is 19.7 Å². The fourth-order valence-electron chi connectivity index (χ4n) is 3.27. The van der Waals surface area contributed by atoms with Gasteiger partial charge in [0.2, 0.25) is 11.8 Å². The summed E-state index contributed by atoms with van der Waals surface area (Å²) in [6.45, 7) is 2.19. The van der Waals surface area contributed by atoms with Gasteiger partial charge in [-0.05, 0) is 31.2 Å². The Labute approximate surface area is 163 Å². The van der Waals surface area contributed by atoms with E-state index in [-0.39, 0.29) is 30.5 Å². The summed E-state index contributed by atoms with van der Waals surface area (Å²) in [5, 5.41) is 14.5. The van der Waals surface area contributed by atoms with Crippen molar-refractivity contribution in [1.82, 2.24) is 4.98 Å². The third-order valence-electron chi connectivity index (χ3n) is 4.61. The van der Waals surface area contributed by atoms with Crippen molar-refractivity contribution in [3.63, 3.8) is 0 Å². The first kappa shape index (κ1) is 18.1. The minimum atomic E-state index is -0.528. The van der Waals surface area contributed by atoms with E-state index in [1.165, 1.54) is 18.2 Å². The maximum Gasteiger partial charge on any atom is 0.271 e. The van der Waals surface area contributed by atoms with Crippen LogP contribution in [0.2, 0.25) is 0 Å². The normalized spacial score (nSPS) is 16.5. The highest BCUT2D eigenvalue weighted by Gasteiger charge is 2.35. The molecule has 142 valence electrons. The molecule has 28 heavy (non-hydrogen) atoms. The van der Waals surface area contributed by atoms with Gasteiger partial charge in [0, 0.05) is 36.5 Å². The number of thiazole rings is 1. The molecular formula is C19H16N4O4S. The fraction of sp³-hybridized carbons (Fsp3) is 0.211. The third kappa shape index (κ3) is 3.44. The molecule has 1 aliphatic rings. The number of hydrogen-bond donors (Lipinski definition) is 1. The Morgan fingerprint density at radius 1 is 1.32 bits per heavy atom. The Kier molecular flexibility index (Phi) is 4.52. The largest absolute Gasteiger partial charge is 0.326 e. The summed E-state index contributed by atoms with van der Waals surface area (Å²) >= 11 is 1.59. The summed E-state index contributed by atoms with van der Waals surface area (Å²) in [4.78, 5) is 41.4. The Morgan fingerprint density at radius 3 is 2.93 bits per heavy atom. The van der Waals surface area contributed by atoms with Gasteiger partial charge in [0.25, 0.3) is 5.69 Å². The number of non-ortho nitro benzene ring substituents is 1. The van der Waals surface area contributed by atoms with Crippen molar-refractivity contribution in [1.29, 1.82) is 0 Å². The van der Waals surface area contributed by atoms with Crippen molar-refractivity contribution in [3.05, 3.63) is 57.6 Å². The number of carbonyl (C=O) groups excluding carboxylic acids is 2. The summed E-state index contributed by atoms with van der Waals surface area (Å²) in [5.41, 5.74) is 1.78. The Balaban J connectivity index is 1.49. The molecule has 2 amide bonds. The van der Waals surface area contributed by atoms with Crippen molar-refractivity contribution in [2.75, 3.05) is 16.8 Å². The lowest BCUT2D eigenvalue weighted by Gasteiger charge is -2.16. The molecule has 2 heterocycles. The van der Waals surface area contributed by atoms with Crippen LogP contribution in [0.1, 0.15) is 11.4 Å². The molecule has 3 aromatic rings. The molecule has 0 spiro atoms. The monoisotopic (exact) mass is 396 g/mol. The van der Waals surface area contributed by atoms with Crippen LogP contribution in [-0.4, -0.2) is 28.3 Å². The highest BCUT2D eigenvalue weighted by molar-refractivity contribution is 7.18. The van der Waals surface area contributed by atoms with E-state index in [0.29, 0.717) is 11.4 Å². The second-order valence-corrected chi connectivity index (χ2v) is 7.82. The molecule has 1 aliphatic heterocycles. The zero-order valence-corrected chi connectivity index (χ0v) is 15.7. The van der Waals surface area contributed by atoms with E-state index in [1.807, 2.05) is 25.1 Å². The summed E-state index contributed by atoms with van der Waals surface area (Å²) < 4.78 is 1.05. The molecule has 1 N–H and O–H groups in total. The highest BCUT2D eigenvalue weighted by atomic mass is 32.1. The second-order valence-electron chi connectivity index (χ2n) is 6.59. The number of rotatable bonds is 4. The van der Waals surface area contributed by atoms with Crippen LogP contribution >= 0.6 is 11.3 Å². The number of anilines is 2. The number of nitrogens with zero attached hydrogens (tertiary/aromatic N) is 3. The van der Waals surface area contributed by atoms with Gasteiger partial charge in [-0.25, -0.2) is 4.98 Å². The predicted molar refractivity (Wildman–Crippen MR) is 107 cm³/mol. The fourth-order valence-corrected chi connectivity index (χ4v) is 4.08. The molecule has 8 nitrogen and oxygen atoms in total. The topological polar surface area (TPSA) is 105 Å². The number of carbonyl (C=O) groups is 2. The first-order valence-corrected chi connectivity index (χ1v) is 9.45. The zero-order valence-electron chi connectivity index (χ0n) is 14.9. The molecule has 4 rings (SSSR count). The number of nitrogens with one attached hydrogen (secondary N) is 1. The van der Waals surface area contributed by atoms with Crippen LogP contribution in [0, 0.1) is 23.0 Å². The summed E-state index contributed by atoms with van der Waals surface area (Å²) in [7, 11) is 0. The summed E-state index contributed by atoms with van der Waals surface area (Å²) in [5.74, 6) is -0.993. The average molecular weight is 396 g/mol. The molecule has 0 bridgehead atoms. The van der Waals surface area contributed by atoms with Crippen LogP contribution in [0.15, 0.2) is 42.5 Å². The number of nitro groups is 1. The van der Waals surface area contributed by atoms with Gasteiger partial charge in [0.05, 0.1) is 26.1 Å². The third-order valence-corrected chi connectivity index (χ3v) is 5.56. The predicted octanol–water partition coefficient (Wildman–Crippen LogP) is 3.50. The number of aromatic nitrogens is 1. The minimum Gasteiger partial charge on any atom is -0.326 e.